The van der Waals surface area contributed by atoms with Crippen LogP contribution in [0.2, 0.25) is 0 Å². The molecule has 0 N–H and O–H groups in total. The van der Waals surface area contributed by atoms with Crippen molar-refractivity contribution in [3.8, 4) is 5.75 Å². The third-order valence-electron chi connectivity index (χ3n) is 2.09. The molecule has 0 spiro atoms. The topological polar surface area (TPSA) is 26.3 Å². The van der Waals surface area contributed by atoms with Crippen molar-refractivity contribution in [3.63, 3.8) is 0 Å². The molecule has 0 aliphatic rings. The van der Waals surface area contributed by atoms with Crippen molar-refractivity contribution in [2.45, 2.75) is 24.8 Å². The normalized spacial score (nSPS) is 12.6. The summed E-state index contributed by atoms with van der Waals surface area (Å²) in [5.74, 6) is -0.238. The van der Waals surface area contributed by atoms with Gasteiger partial charge in [-0.15, -0.1) is 23.2 Å². The van der Waals surface area contributed by atoms with Gasteiger partial charge in [0.05, 0.1) is 5.88 Å². The molecule has 1 unspecified atom stereocenters. The first-order chi connectivity index (χ1) is 7.95. The second-order valence-corrected chi connectivity index (χ2v) is 4.06. The summed E-state index contributed by atoms with van der Waals surface area (Å²) in [5, 5.41) is -0.808. The number of hydrogen-bond acceptors (Lipinski definition) is 2. The summed E-state index contributed by atoms with van der Waals surface area (Å²) in [5.41, 5.74) is 0.882. The highest BCUT2D eigenvalue weighted by atomic mass is 35.5. The highest BCUT2D eigenvalue weighted by Gasteiger charge is 2.16. The van der Waals surface area contributed by atoms with Gasteiger partial charge in [0.15, 0.2) is 5.78 Å². The number of hydrogen-bond donors (Lipinski definition) is 0. The van der Waals surface area contributed by atoms with Gasteiger partial charge >= 0.3 is 6.61 Å². The van der Waals surface area contributed by atoms with Crippen LogP contribution in [0, 0.1) is 0 Å². The maximum atomic E-state index is 12.1. The van der Waals surface area contributed by atoms with E-state index in [0.717, 1.165) is 0 Å². The SMILES string of the molecule is CC(=O)C(Cl)c1ccc(OC(F)F)c(CCl)c1. The number of halogens is 4. The Bertz CT molecular complexity index is 410. The summed E-state index contributed by atoms with van der Waals surface area (Å²) < 4.78 is 28.4. The number of benzene rings is 1. The zero-order valence-electron chi connectivity index (χ0n) is 8.92. The molecular formula is C11H10Cl2F2O2. The van der Waals surface area contributed by atoms with E-state index < -0.39 is 12.0 Å². The first kappa shape index (κ1) is 14.2. The Kier molecular flexibility index (Phi) is 5.15. The standard InChI is InChI=1S/C11H10Cl2F2O2/c1-6(16)10(13)7-2-3-9(17-11(14)15)8(4-7)5-12/h2-4,10-11H,5H2,1H3. The van der Waals surface area contributed by atoms with Crippen molar-refractivity contribution < 1.29 is 18.3 Å². The minimum Gasteiger partial charge on any atom is -0.435 e. The number of Topliss-reactive ketones (excluding diaryl/α,β-unsaturated/α-hetero) is 1. The Morgan fingerprint density at radius 1 is 1.47 bits per heavy atom. The van der Waals surface area contributed by atoms with Crippen LogP contribution in [0.4, 0.5) is 8.78 Å². The molecule has 0 radical (unpaired) electrons. The van der Waals surface area contributed by atoms with Crippen LogP contribution in [0.15, 0.2) is 18.2 Å². The molecule has 94 valence electrons. The van der Waals surface area contributed by atoms with Crippen LogP contribution >= 0.6 is 23.2 Å². The van der Waals surface area contributed by atoms with Gasteiger partial charge in [0, 0.05) is 5.56 Å². The average Bonchev–Trinajstić information content (AvgIpc) is 2.27. The van der Waals surface area contributed by atoms with Crippen molar-refractivity contribution in [1.82, 2.24) is 0 Å². The molecule has 0 aliphatic carbocycles. The summed E-state index contributed by atoms with van der Waals surface area (Å²) >= 11 is 11.5. The lowest BCUT2D eigenvalue weighted by atomic mass is 10.1. The van der Waals surface area contributed by atoms with Gasteiger partial charge in [-0.1, -0.05) is 6.07 Å². The number of ketones is 1. The van der Waals surface area contributed by atoms with E-state index in [2.05, 4.69) is 4.74 Å². The number of rotatable bonds is 5. The van der Waals surface area contributed by atoms with E-state index in [1.165, 1.54) is 25.1 Å². The minimum atomic E-state index is -2.91. The van der Waals surface area contributed by atoms with Crippen molar-refractivity contribution in [1.29, 1.82) is 0 Å². The van der Waals surface area contributed by atoms with Gasteiger partial charge in [0.1, 0.15) is 11.1 Å². The first-order valence-electron chi connectivity index (χ1n) is 4.73. The minimum absolute atomic E-state index is 0.00257. The van der Waals surface area contributed by atoms with Gasteiger partial charge in [-0.3, -0.25) is 4.79 Å². The van der Waals surface area contributed by atoms with E-state index >= 15 is 0 Å². The summed E-state index contributed by atoms with van der Waals surface area (Å²) in [6, 6.07) is 4.29. The molecule has 1 aromatic rings. The molecule has 0 saturated carbocycles. The van der Waals surface area contributed by atoms with E-state index in [1.54, 1.807) is 0 Å². The Morgan fingerprint density at radius 2 is 2.12 bits per heavy atom. The molecule has 1 atom stereocenters. The quantitative estimate of drug-likeness (QED) is 0.766. The van der Waals surface area contributed by atoms with E-state index in [9.17, 15) is 13.6 Å². The largest absolute Gasteiger partial charge is 0.435 e. The molecule has 6 heteroatoms. The fourth-order valence-electron chi connectivity index (χ4n) is 1.31. The van der Waals surface area contributed by atoms with E-state index in [0.29, 0.717) is 11.1 Å². The number of ether oxygens (including phenoxy) is 1. The summed E-state index contributed by atoms with van der Waals surface area (Å²) in [6.07, 6.45) is 0. The van der Waals surface area contributed by atoms with E-state index in [-0.39, 0.29) is 17.4 Å². The van der Waals surface area contributed by atoms with Crippen LogP contribution in [0.3, 0.4) is 0 Å². The molecule has 17 heavy (non-hydrogen) atoms. The lowest BCUT2D eigenvalue weighted by Crippen LogP contribution is -2.06. The molecule has 0 saturated heterocycles. The van der Waals surface area contributed by atoms with Crippen LogP contribution in [0.25, 0.3) is 0 Å². The number of carbonyl (C=O) groups excluding carboxylic acids is 1. The summed E-state index contributed by atoms with van der Waals surface area (Å²) in [7, 11) is 0. The van der Waals surface area contributed by atoms with Crippen molar-refractivity contribution in [2.75, 3.05) is 0 Å². The van der Waals surface area contributed by atoms with E-state index in [4.69, 9.17) is 23.2 Å². The number of alkyl halides is 4. The zero-order valence-corrected chi connectivity index (χ0v) is 10.4. The second kappa shape index (κ2) is 6.17. The Balaban J connectivity index is 3.03. The highest BCUT2D eigenvalue weighted by molar-refractivity contribution is 6.30. The zero-order chi connectivity index (χ0) is 13.0. The predicted molar refractivity (Wildman–Crippen MR) is 61.9 cm³/mol. The molecule has 2 nitrogen and oxygen atoms in total. The molecule has 0 aliphatic heterocycles. The van der Waals surface area contributed by atoms with Crippen LogP contribution in [-0.2, 0) is 10.7 Å². The highest BCUT2D eigenvalue weighted by Crippen LogP contribution is 2.29. The Labute approximate surface area is 107 Å². The van der Waals surface area contributed by atoms with Crippen LogP contribution in [0.5, 0.6) is 5.75 Å². The monoisotopic (exact) mass is 282 g/mol. The van der Waals surface area contributed by atoms with Gasteiger partial charge in [-0.2, -0.15) is 8.78 Å². The van der Waals surface area contributed by atoms with Crippen molar-refractivity contribution in [3.05, 3.63) is 29.3 Å². The molecule has 1 rings (SSSR count). The van der Waals surface area contributed by atoms with Gasteiger partial charge < -0.3 is 4.74 Å². The van der Waals surface area contributed by atoms with Gasteiger partial charge in [0.2, 0.25) is 0 Å². The first-order valence-corrected chi connectivity index (χ1v) is 5.71. The third-order valence-corrected chi connectivity index (χ3v) is 2.94. The fourth-order valence-corrected chi connectivity index (χ4v) is 1.65. The Morgan fingerprint density at radius 3 is 2.59 bits per heavy atom. The van der Waals surface area contributed by atoms with Crippen LogP contribution < -0.4 is 4.74 Å². The average molecular weight is 283 g/mol. The van der Waals surface area contributed by atoms with Gasteiger partial charge in [-0.05, 0) is 24.6 Å². The molecule has 0 fully saturated rings. The number of carbonyl (C=O) groups is 1. The molecule has 0 aromatic heterocycles. The van der Waals surface area contributed by atoms with Crippen LogP contribution in [0.1, 0.15) is 23.4 Å². The molecule has 0 amide bonds. The van der Waals surface area contributed by atoms with Crippen molar-refractivity contribution >= 4 is 29.0 Å². The van der Waals surface area contributed by atoms with Gasteiger partial charge in [-0.25, -0.2) is 0 Å². The predicted octanol–water partition coefficient (Wildman–Crippen LogP) is 3.90. The lowest BCUT2D eigenvalue weighted by molar-refractivity contribution is -0.116. The molecule has 1 aromatic carbocycles. The Hall–Kier alpha value is -0.870. The maximum absolute atomic E-state index is 12.1. The third kappa shape index (κ3) is 3.82. The maximum Gasteiger partial charge on any atom is 0.387 e. The molecule has 0 bridgehead atoms. The second-order valence-electron chi connectivity index (χ2n) is 3.35. The lowest BCUT2D eigenvalue weighted by Gasteiger charge is -2.12. The van der Waals surface area contributed by atoms with Crippen LogP contribution in [-0.4, -0.2) is 12.4 Å². The fraction of sp³-hybridized carbons (Fsp3) is 0.364. The van der Waals surface area contributed by atoms with E-state index in [1.807, 2.05) is 0 Å². The molecular weight excluding hydrogens is 273 g/mol. The smallest absolute Gasteiger partial charge is 0.387 e. The van der Waals surface area contributed by atoms with Crippen molar-refractivity contribution in [2.24, 2.45) is 0 Å². The summed E-state index contributed by atoms with van der Waals surface area (Å²) in [4.78, 5) is 11.1. The summed E-state index contributed by atoms with van der Waals surface area (Å²) in [6.45, 7) is -1.57. The molecule has 0 heterocycles. The van der Waals surface area contributed by atoms with Gasteiger partial charge in [0.25, 0.3) is 0 Å².